The third-order valence-corrected chi connectivity index (χ3v) is 3.72. The maximum absolute atomic E-state index is 12.1. The number of carbonyl (C=O) groups excluding carboxylic acids is 2. The maximum Gasteiger partial charge on any atom is 0.263 e. The predicted molar refractivity (Wildman–Crippen MR) is 104 cm³/mol. The zero-order valence-corrected chi connectivity index (χ0v) is 15.5. The molecule has 0 aliphatic rings. The Labute approximate surface area is 161 Å². The molecule has 0 atom stereocenters. The third-order valence-electron chi connectivity index (χ3n) is 3.72. The van der Waals surface area contributed by atoms with Crippen molar-refractivity contribution in [2.24, 2.45) is 5.10 Å². The zero-order chi connectivity index (χ0) is 19.9. The summed E-state index contributed by atoms with van der Waals surface area (Å²) < 4.78 is 0. The molecule has 2 aromatic carbocycles. The molecule has 0 radical (unpaired) electrons. The molecule has 0 spiro atoms. The van der Waals surface area contributed by atoms with Crippen molar-refractivity contribution in [1.82, 2.24) is 25.6 Å². The molecule has 0 aliphatic carbocycles. The summed E-state index contributed by atoms with van der Waals surface area (Å²) in [4.78, 5) is 24.5. The van der Waals surface area contributed by atoms with E-state index in [4.69, 9.17) is 0 Å². The number of carbonyl (C=O) groups is 2. The number of benzene rings is 2. The smallest absolute Gasteiger partial charge is 0.263 e. The van der Waals surface area contributed by atoms with E-state index in [1.165, 1.54) is 11.7 Å². The van der Waals surface area contributed by atoms with Crippen molar-refractivity contribution in [3.63, 3.8) is 0 Å². The standard InChI is InChI=1S/C19H19N7O2/c1-13(16-9-6-10-17(11-16)20-14(2)27)21-22-18(28)12-26-24-19(23-25-26)15-7-4-3-5-8-15/h3-11H,12H2,1-2H3,(H,20,27)(H,22,28). The first-order valence-corrected chi connectivity index (χ1v) is 8.55. The molecule has 0 saturated heterocycles. The molecular formula is C19H19N7O2. The van der Waals surface area contributed by atoms with Crippen LogP contribution in [0.5, 0.6) is 0 Å². The Bertz CT molecular complexity index is 1010. The molecular weight excluding hydrogens is 358 g/mol. The number of hydrogen-bond donors (Lipinski definition) is 2. The summed E-state index contributed by atoms with van der Waals surface area (Å²) in [7, 11) is 0. The predicted octanol–water partition coefficient (Wildman–Crippen LogP) is 1.84. The highest BCUT2D eigenvalue weighted by Gasteiger charge is 2.09. The highest BCUT2D eigenvalue weighted by molar-refractivity contribution is 6.00. The van der Waals surface area contributed by atoms with Crippen molar-refractivity contribution >= 4 is 23.2 Å². The van der Waals surface area contributed by atoms with E-state index in [2.05, 4.69) is 31.3 Å². The van der Waals surface area contributed by atoms with Gasteiger partial charge in [0, 0.05) is 18.2 Å². The highest BCUT2D eigenvalue weighted by atomic mass is 16.2. The normalized spacial score (nSPS) is 11.1. The third kappa shape index (κ3) is 5.07. The summed E-state index contributed by atoms with van der Waals surface area (Å²) >= 11 is 0. The monoisotopic (exact) mass is 377 g/mol. The molecule has 3 aromatic rings. The summed E-state index contributed by atoms with van der Waals surface area (Å²) in [5.74, 6) is -0.0903. The lowest BCUT2D eigenvalue weighted by molar-refractivity contribution is -0.122. The zero-order valence-electron chi connectivity index (χ0n) is 15.5. The molecule has 0 bridgehead atoms. The summed E-state index contributed by atoms with van der Waals surface area (Å²) in [6, 6.07) is 16.6. The van der Waals surface area contributed by atoms with Gasteiger partial charge in [-0.1, -0.05) is 42.5 Å². The SMILES string of the molecule is CC(=O)Nc1cccc(C(C)=NNC(=O)Cn2nnc(-c3ccccc3)n2)c1. The van der Waals surface area contributed by atoms with E-state index in [1.54, 1.807) is 25.1 Å². The molecule has 2 amide bonds. The van der Waals surface area contributed by atoms with Crippen molar-refractivity contribution in [2.75, 3.05) is 5.32 Å². The van der Waals surface area contributed by atoms with E-state index in [0.717, 1.165) is 11.1 Å². The molecule has 2 N–H and O–H groups in total. The van der Waals surface area contributed by atoms with Gasteiger partial charge in [-0.25, -0.2) is 5.43 Å². The first-order chi connectivity index (χ1) is 13.5. The van der Waals surface area contributed by atoms with E-state index in [0.29, 0.717) is 17.2 Å². The van der Waals surface area contributed by atoms with Crippen LogP contribution in [0.3, 0.4) is 0 Å². The van der Waals surface area contributed by atoms with Gasteiger partial charge in [0.2, 0.25) is 11.7 Å². The lowest BCUT2D eigenvalue weighted by atomic mass is 10.1. The van der Waals surface area contributed by atoms with Crippen LogP contribution in [-0.2, 0) is 16.1 Å². The number of nitrogens with zero attached hydrogens (tertiary/aromatic N) is 5. The molecule has 0 fully saturated rings. The molecule has 0 aliphatic heterocycles. The molecule has 1 heterocycles. The van der Waals surface area contributed by atoms with Crippen LogP contribution in [0.25, 0.3) is 11.4 Å². The average Bonchev–Trinajstić information content (AvgIpc) is 3.15. The van der Waals surface area contributed by atoms with Gasteiger partial charge in [-0.3, -0.25) is 9.59 Å². The fourth-order valence-electron chi connectivity index (χ4n) is 2.41. The van der Waals surface area contributed by atoms with E-state index in [9.17, 15) is 9.59 Å². The molecule has 3 rings (SSSR count). The van der Waals surface area contributed by atoms with Crippen molar-refractivity contribution in [3.05, 3.63) is 60.2 Å². The van der Waals surface area contributed by atoms with Crippen LogP contribution in [0.15, 0.2) is 59.7 Å². The Hall–Kier alpha value is -3.88. The van der Waals surface area contributed by atoms with E-state index < -0.39 is 0 Å². The highest BCUT2D eigenvalue weighted by Crippen LogP contribution is 2.12. The van der Waals surface area contributed by atoms with Crippen LogP contribution in [0.1, 0.15) is 19.4 Å². The number of hydrogen-bond acceptors (Lipinski definition) is 6. The van der Waals surface area contributed by atoms with Crippen LogP contribution >= 0.6 is 0 Å². The summed E-state index contributed by atoms with van der Waals surface area (Å²) in [5, 5.41) is 18.8. The molecule has 28 heavy (non-hydrogen) atoms. The molecule has 0 unspecified atom stereocenters. The lowest BCUT2D eigenvalue weighted by Crippen LogP contribution is -2.25. The fourth-order valence-corrected chi connectivity index (χ4v) is 2.41. The second-order valence-corrected chi connectivity index (χ2v) is 6.00. The second-order valence-electron chi connectivity index (χ2n) is 6.00. The topological polar surface area (TPSA) is 114 Å². The van der Waals surface area contributed by atoms with Crippen molar-refractivity contribution < 1.29 is 9.59 Å². The molecule has 9 heteroatoms. The van der Waals surface area contributed by atoms with Gasteiger partial charge in [0.15, 0.2) is 0 Å². The minimum absolute atomic E-state index is 0.109. The van der Waals surface area contributed by atoms with Crippen LogP contribution in [0.4, 0.5) is 5.69 Å². The number of aromatic nitrogens is 4. The minimum atomic E-state index is -0.380. The van der Waals surface area contributed by atoms with Crippen molar-refractivity contribution in [2.45, 2.75) is 20.4 Å². The Morgan fingerprint density at radius 3 is 2.61 bits per heavy atom. The summed E-state index contributed by atoms with van der Waals surface area (Å²) in [6.07, 6.45) is 0. The maximum atomic E-state index is 12.1. The number of hydrazone groups is 1. The number of amides is 2. The molecule has 142 valence electrons. The van der Waals surface area contributed by atoms with Crippen molar-refractivity contribution in [1.29, 1.82) is 0 Å². The Kier molecular flexibility index (Phi) is 5.85. The van der Waals surface area contributed by atoms with Gasteiger partial charge in [0.05, 0.1) is 5.71 Å². The largest absolute Gasteiger partial charge is 0.326 e. The first-order valence-electron chi connectivity index (χ1n) is 8.55. The summed E-state index contributed by atoms with van der Waals surface area (Å²) in [6.45, 7) is 3.09. The van der Waals surface area contributed by atoms with Crippen molar-refractivity contribution in [3.8, 4) is 11.4 Å². The quantitative estimate of drug-likeness (QED) is 0.502. The Balaban J connectivity index is 1.61. The van der Waals surface area contributed by atoms with E-state index >= 15 is 0 Å². The van der Waals surface area contributed by atoms with Gasteiger partial charge < -0.3 is 5.32 Å². The summed E-state index contributed by atoms with van der Waals surface area (Å²) in [5.41, 5.74) is 5.32. The van der Waals surface area contributed by atoms with Gasteiger partial charge in [0.1, 0.15) is 6.54 Å². The van der Waals surface area contributed by atoms with Crippen LogP contribution < -0.4 is 10.7 Å². The molecule has 0 saturated carbocycles. The van der Waals surface area contributed by atoms with Gasteiger partial charge in [0.25, 0.3) is 5.91 Å². The van der Waals surface area contributed by atoms with E-state index in [-0.39, 0.29) is 18.4 Å². The number of nitrogens with one attached hydrogen (secondary N) is 2. The average molecular weight is 377 g/mol. The molecule has 9 nitrogen and oxygen atoms in total. The molecule has 1 aromatic heterocycles. The first kappa shape index (κ1) is 18.9. The number of rotatable bonds is 6. The van der Waals surface area contributed by atoms with Crippen LogP contribution in [0, 0.1) is 0 Å². The van der Waals surface area contributed by atoms with Gasteiger partial charge in [-0.2, -0.15) is 9.90 Å². The van der Waals surface area contributed by atoms with Gasteiger partial charge >= 0.3 is 0 Å². The second kappa shape index (κ2) is 8.67. The van der Waals surface area contributed by atoms with Gasteiger partial charge in [-0.15, -0.1) is 10.2 Å². The fraction of sp³-hybridized carbons (Fsp3) is 0.158. The number of tetrazole rings is 1. The minimum Gasteiger partial charge on any atom is -0.326 e. The lowest BCUT2D eigenvalue weighted by Gasteiger charge is -2.06. The Morgan fingerprint density at radius 1 is 1.07 bits per heavy atom. The number of anilines is 1. The Morgan fingerprint density at radius 2 is 1.86 bits per heavy atom. The van der Waals surface area contributed by atoms with Crippen LogP contribution in [-0.4, -0.2) is 37.7 Å². The van der Waals surface area contributed by atoms with E-state index in [1.807, 2.05) is 36.4 Å². The van der Waals surface area contributed by atoms with Crippen LogP contribution in [0.2, 0.25) is 0 Å². The van der Waals surface area contributed by atoms with Gasteiger partial charge in [-0.05, 0) is 29.8 Å².